The summed E-state index contributed by atoms with van der Waals surface area (Å²) in [5.74, 6) is -0.00598. The van der Waals surface area contributed by atoms with E-state index in [9.17, 15) is 14.7 Å². The van der Waals surface area contributed by atoms with Crippen molar-refractivity contribution in [2.75, 3.05) is 13.2 Å². The molecule has 0 spiro atoms. The van der Waals surface area contributed by atoms with E-state index in [2.05, 4.69) is 16.8 Å². The van der Waals surface area contributed by atoms with Gasteiger partial charge in [0, 0.05) is 30.9 Å². The highest BCUT2D eigenvalue weighted by molar-refractivity contribution is 7.10. The summed E-state index contributed by atoms with van der Waals surface area (Å²) >= 11 is 1.68. The van der Waals surface area contributed by atoms with Crippen LogP contribution in [-0.2, 0) is 27.3 Å². The molecule has 0 aliphatic heterocycles. The summed E-state index contributed by atoms with van der Waals surface area (Å²) in [4.78, 5) is 24.6. The number of hydrogen-bond donors (Lipinski definition) is 2. The van der Waals surface area contributed by atoms with Crippen LogP contribution in [0.2, 0.25) is 0 Å². The normalized spacial score (nSPS) is 15.4. The molecule has 1 aromatic heterocycles. The van der Waals surface area contributed by atoms with Gasteiger partial charge < -0.3 is 15.2 Å². The summed E-state index contributed by atoms with van der Waals surface area (Å²) in [6.45, 7) is 3.33. The van der Waals surface area contributed by atoms with Gasteiger partial charge in [0.1, 0.15) is 5.78 Å². The third-order valence-corrected chi connectivity index (χ3v) is 6.55. The van der Waals surface area contributed by atoms with E-state index in [1.807, 2.05) is 24.3 Å². The first-order valence-electron chi connectivity index (χ1n) is 10.8. The number of hydrogen-bond acceptors (Lipinski definition) is 5. The first kappa shape index (κ1) is 22.7. The highest BCUT2D eigenvalue weighted by Crippen LogP contribution is 2.28. The largest absolute Gasteiger partial charge is 0.479 e. The molecule has 0 bridgehead atoms. The molecule has 1 fully saturated rings. The molecule has 5 nitrogen and oxygen atoms in total. The van der Waals surface area contributed by atoms with Gasteiger partial charge in [-0.15, -0.1) is 11.3 Å². The molecule has 2 aromatic rings. The van der Waals surface area contributed by atoms with Crippen molar-refractivity contribution < 1.29 is 19.4 Å². The fraction of sp³-hybridized carbons (Fsp3) is 0.500. The number of thiophene rings is 1. The van der Waals surface area contributed by atoms with Gasteiger partial charge in [-0.25, -0.2) is 4.79 Å². The summed E-state index contributed by atoms with van der Waals surface area (Å²) in [6.07, 6.45) is 5.24. The Hall–Kier alpha value is -2.02. The van der Waals surface area contributed by atoms with E-state index < -0.39 is 12.1 Å². The molecule has 1 aliphatic carbocycles. The Morgan fingerprint density at radius 3 is 2.60 bits per heavy atom. The topological polar surface area (TPSA) is 75.6 Å². The summed E-state index contributed by atoms with van der Waals surface area (Å²) in [7, 11) is 0. The minimum atomic E-state index is -0.933. The maximum absolute atomic E-state index is 12.1. The Labute approximate surface area is 182 Å². The van der Waals surface area contributed by atoms with Crippen molar-refractivity contribution in [1.82, 2.24) is 5.32 Å². The summed E-state index contributed by atoms with van der Waals surface area (Å²) in [5, 5.41) is 14.6. The second-order valence-electron chi connectivity index (χ2n) is 7.98. The molecule has 0 unspecified atom stereocenters. The molecule has 1 aromatic carbocycles. The van der Waals surface area contributed by atoms with Gasteiger partial charge in [-0.3, -0.25) is 4.79 Å². The lowest BCUT2D eigenvalue weighted by molar-refractivity contribution is -0.149. The number of benzene rings is 1. The van der Waals surface area contributed by atoms with Gasteiger partial charge in [-0.1, -0.05) is 49.9 Å². The number of rotatable bonds is 12. The number of aliphatic carboxylic acids is 1. The molecular formula is C24H31NO4S. The zero-order chi connectivity index (χ0) is 21.3. The second kappa shape index (κ2) is 11.4. The van der Waals surface area contributed by atoms with Crippen LogP contribution in [0.4, 0.5) is 0 Å². The van der Waals surface area contributed by atoms with Gasteiger partial charge in [0.2, 0.25) is 0 Å². The highest BCUT2D eigenvalue weighted by Gasteiger charge is 2.19. The van der Waals surface area contributed by atoms with Crippen LogP contribution >= 0.6 is 11.3 Å². The van der Waals surface area contributed by atoms with E-state index in [1.165, 1.54) is 30.6 Å². The van der Waals surface area contributed by atoms with Crippen LogP contribution in [0, 0.1) is 5.92 Å². The maximum Gasteiger partial charge on any atom is 0.333 e. The predicted molar refractivity (Wildman–Crippen MR) is 120 cm³/mol. The van der Waals surface area contributed by atoms with Crippen molar-refractivity contribution >= 4 is 23.1 Å². The zero-order valence-corrected chi connectivity index (χ0v) is 18.4. The van der Waals surface area contributed by atoms with Crippen molar-refractivity contribution in [3.05, 3.63) is 46.2 Å². The highest BCUT2D eigenvalue weighted by atomic mass is 32.1. The Kier molecular flexibility index (Phi) is 8.61. The number of carbonyl (C=O) groups excluding carboxylic acids is 1. The van der Waals surface area contributed by atoms with E-state index in [-0.39, 0.29) is 0 Å². The molecule has 2 N–H and O–H groups in total. The third kappa shape index (κ3) is 6.76. The number of ether oxygens (including phenoxy) is 1. The number of ketones is 1. The first-order valence-corrected chi connectivity index (χ1v) is 11.7. The van der Waals surface area contributed by atoms with E-state index in [1.54, 1.807) is 18.3 Å². The van der Waals surface area contributed by atoms with Crippen LogP contribution in [0.25, 0.3) is 11.1 Å². The van der Waals surface area contributed by atoms with Crippen LogP contribution in [-0.4, -0.2) is 36.1 Å². The molecule has 1 aliphatic rings. The van der Waals surface area contributed by atoms with Crippen LogP contribution in [0.1, 0.15) is 49.5 Å². The summed E-state index contributed by atoms with van der Waals surface area (Å²) in [5.41, 5.74) is 3.18. The van der Waals surface area contributed by atoms with E-state index >= 15 is 0 Å². The fourth-order valence-electron chi connectivity index (χ4n) is 4.02. The van der Waals surface area contributed by atoms with Crippen LogP contribution in [0.15, 0.2) is 35.7 Å². The van der Waals surface area contributed by atoms with Gasteiger partial charge >= 0.3 is 5.97 Å². The molecule has 0 amide bonds. The fourth-order valence-corrected chi connectivity index (χ4v) is 4.89. The lowest BCUT2D eigenvalue weighted by Gasteiger charge is -2.12. The second-order valence-corrected chi connectivity index (χ2v) is 8.98. The van der Waals surface area contributed by atoms with E-state index in [4.69, 9.17) is 4.74 Å². The first-order chi connectivity index (χ1) is 14.5. The van der Waals surface area contributed by atoms with Gasteiger partial charge in [0.25, 0.3) is 0 Å². The standard InChI is InChI=1S/C24H31NO4S/c1-2-29-23(24(27)28)12-18-7-9-19(10-8-18)20-13-22(30-16-20)15-25-14-21(26)11-17-5-3-4-6-17/h7-10,13,16-17,23,25H,2-6,11-12,14-15H2,1H3,(H,27,28)/t23-/m0/s1. The maximum atomic E-state index is 12.1. The van der Waals surface area contributed by atoms with Crippen molar-refractivity contribution in [2.24, 2.45) is 5.92 Å². The predicted octanol–water partition coefficient (Wildman–Crippen LogP) is 4.69. The summed E-state index contributed by atoms with van der Waals surface area (Å²) in [6, 6.07) is 10.1. The van der Waals surface area contributed by atoms with Gasteiger partial charge in [0.15, 0.2) is 6.10 Å². The molecule has 1 heterocycles. The van der Waals surface area contributed by atoms with E-state index in [0.29, 0.717) is 37.8 Å². The van der Waals surface area contributed by atoms with Crippen molar-refractivity contribution in [2.45, 2.75) is 58.1 Å². The Morgan fingerprint density at radius 2 is 1.93 bits per heavy atom. The molecular weight excluding hydrogens is 398 g/mol. The molecule has 6 heteroatoms. The molecule has 30 heavy (non-hydrogen) atoms. The number of carboxylic acids is 1. The van der Waals surface area contributed by atoms with Crippen LogP contribution in [0.5, 0.6) is 0 Å². The number of nitrogens with one attached hydrogen (secondary N) is 1. The van der Waals surface area contributed by atoms with Crippen molar-refractivity contribution in [3.63, 3.8) is 0 Å². The molecule has 1 atom stereocenters. The third-order valence-electron chi connectivity index (χ3n) is 5.62. The smallest absolute Gasteiger partial charge is 0.333 e. The minimum Gasteiger partial charge on any atom is -0.479 e. The molecule has 0 saturated heterocycles. The van der Waals surface area contributed by atoms with Crippen molar-refractivity contribution in [3.8, 4) is 11.1 Å². The van der Waals surface area contributed by atoms with Gasteiger partial charge in [-0.2, -0.15) is 0 Å². The Bertz CT molecular complexity index is 824. The van der Waals surface area contributed by atoms with Crippen LogP contribution in [0.3, 0.4) is 0 Å². The molecule has 0 radical (unpaired) electrons. The molecule has 3 rings (SSSR count). The zero-order valence-electron chi connectivity index (χ0n) is 17.6. The Morgan fingerprint density at radius 1 is 1.20 bits per heavy atom. The minimum absolute atomic E-state index is 0.320. The molecule has 1 saturated carbocycles. The SMILES string of the molecule is CCO[C@@H](Cc1ccc(-c2csc(CNCC(=O)CC3CCCC3)c2)cc1)C(=O)O. The van der Waals surface area contributed by atoms with Crippen LogP contribution < -0.4 is 5.32 Å². The number of Topliss-reactive ketones (excluding diaryl/α,β-unsaturated/α-hetero) is 1. The average Bonchev–Trinajstić information content (AvgIpc) is 3.40. The monoisotopic (exact) mass is 429 g/mol. The quantitative estimate of drug-likeness (QED) is 0.512. The molecule has 162 valence electrons. The number of carboxylic acid groups (broad SMARTS) is 1. The van der Waals surface area contributed by atoms with E-state index in [0.717, 1.165) is 23.1 Å². The van der Waals surface area contributed by atoms with Crippen molar-refractivity contribution in [1.29, 1.82) is 0 Å². The summed E-state index contributed by atoms with van der Waals surface area (Å²) < 4.78 is 5.29. The lowest BCUT2D eigenvalue weighted by Crippen LogP contribution is -2.26. The lowest BCUT2D eigenvalue weighted by atomic mass is 10.0. The van der Waals surface area contributed by atoms with Gasteiger partial charge in [0.05, 0.1) is 6.54 Å². The Balaban J connectivity index is 1.48. The average molecular weight is 430 g/mol. The number of carbonyl (C=O) groups is 2. The van der Waals surface area contributed by atoms with Gasteiger partial charge in [-0.05, 0) is 41.0 Å².